The highest BCUT2D eigenvalue weighted by Gasteiger charge is 2.35. The first-order chi connectivity index (χ1) is 11.8. The largest absolute Gasteiger partial charge is 0.433 e. The van der Waals surface area contributed by atoms with Gasteiger partial charge >= 0.3 is 6.18 Å². The van der Waals surface area contributed by atoms with Gasteiger partial charge in [0, 0.05) is 6.20 Å². The molecule has 1 fully saturated rings. The number of alkyl halides is 3. The molecule has 0 bridgehead atoms. The lowest BCUT2D eigenvalue weighted by molar-refractivity contribution is -0.173. The van der Waals surface area contributed by atoms with Crippen LogP contribution >= 0.6 is 0 Å². The lowest BCUT2D eigenvalue weighted by Crippen LogP contribution is -2.51. The van der Waals surface area contributed by atoms with Gasteiger partial charge < -0.3 is 0 Å². The van der Waals surface area contributed by atoms with Gasteiger partial charge in [0.1, 0.15) is 11.7 Å². The van der Waals surface area contributed by atoms with Crippen molar-refractivity contribution in [3.05, 3.63) is 18.0 Å². The summed E-state index contributed by atoms with van der Waals surface area (Å²) in [6.45, 7) is 0. The van der Waals surface area contributed by atoms with Gasteiger partial charge in [-0.25, -0.2) is 15.0 Å². The van der Waals surface area contributed by atoms with Crippen LogP contribution in [0.2, 0.25) is 0 Å². The van der Waals surface area contributed by atoms with Crippen molar-refractivity contribution in [3.63, 3.8) is 0 Å². The molecule has 1 atom stereocenters. The first kappa shape index (κ1) is 18.9. The van der Waals surface area contributed by atoms with Crippen LogP contribution in [0.5, 0.6) is 0 Å². The van der Waals surface area contributed by atoms with E-state index >= 15 is 0 Å². The standard InChI is InChI=1S/C14H18F3N5O3/c15-14(16,17)10-6-7-18-13(19-10)21-20-12(24)11(22(25)8-23)9-4-2-1-3-5-9/h6-9,11,25H,1-5H2,(H,20,24)(H,18,19,21). The highest BCUT2D eigenvalue weighted by molar-refractivity contribution is 5.84. The summed E-state index contributed by atoms with van der Waals surface area (Å²) in [6, 6.07) is -0.448. The fourth-order valence-electron chi connectivity index (χ4n) is 2.83. The number of hydroxylamine groups is 2. The molecule has 2 rings (SSSR count). The van der Waals surface area contributed by atoms with Gasteiger partial charge in [0.2, 0.25) is 12.4 Å². The second-order valence-electron chi connectivity index (χ2n) is 5.71. The molecular weight excluding hydrogens is 343 g/mol. The van der Waals surface area contributed by atoms with E-state index in [2.05, 4.69) is 20.8 Å². The molecular formula is C14H18F3N5O3. The maximum Gasteiger partial charge on any atom is 0.433 e. The Balaban J connectivity index is 2.04. The normalized spacial score (nSPS) is 16.8. The summed E-state index contributed by atoms with van der Waals surface area (Å²) < 4.78 is 37.8. The van der Waals surface area contributed by atoms with Gasteiger partial charge in [-0.1, -0.05) is 19.3 Å². The molecule has 1 aliphatic rings. The van der Waals surface area contributed by atoms with Gasteiger partial charge in [-0.2, -0.15) is 13.2 Å². The van der Waals surface area contributed by atoms with Crippen molar-refractivity contribution in [2.24, 2.45) is 5.92 Å². The molecule has 1 unspecified atom stereocenters. The summed E-state index contributed by atoms with van der Waals surface area (Å²) in [7, 11) is 0. The number of hydrogen-bond donors (Lipinski definition) is 3. The average molecular weight is 361 g/mol. The maximum atomic E-state index is 12.6. The topological polar surface area (TPSA) is 107 Å². The summed E-state index contributed by atoms with van der Waals surface area (Å²) in [5, 5.41) is 9.96. The van der Waals surface area contributed by atoms with Crippen molar-refractivity contribution in [1.29, 1.82) is 0 Å². The molecule has 138 valence electrons. The van der Waals surface area contributed by atoms with Gasteiger partial charge in [-0.3, -0.25) is 25.6 Å². The molecule has 1 aromatic rings. The third kappa shape index (κ3) is 5.02. The summed E-state index contributed by atoms with van der Waals surface area (Å²) in [5.74, 6) is -1.46. The Labute approximate surface area is 141 Å². The molecule has 1 saturated carbocycles. The average Bonchev–Trinajstić information content (AvgIpc) is 2.60. The Kier molecular flexibility index (Phi) is 6.12. The molecule has 1 heterocycles. The van der Waals surface area contributed by atoms with E-state index in [1.807, 2.05) is 0 Å². The van der Waals surface area contributed by atoms with Gasteiger partial charge in [0.05, 0.1) is 0 Å². The van der Waals surface area contributed by atoms with Crippen LogP contribution in [0.1, 0.15) is 37.8 Å². The quantitative estimate of drug-likeness (QED) is 0.405. The first-order valence-corrected chi connectivity index (χ1v) is 7.71. The fourth-order valence-corrected chi connectivity index (χ4v) is 2.83. The summed E-state index contributed by atoms with van der Waals surface area (Å²) in [4.78, 5) is 30.0. The molecule has 0 spiro atoms. The summed E-state index contributed by atoms with van der Waals surface area (Å²) in [6.07, 6.45) is 0.427. The molecule has 11 heteroatoms. The number of rotatable bonds is 6. The number of hydrogen-bond acceptors (Lipinski definition) is 6. The van der Waals surface area contributed by atoms with E-state index in [0.29, 0.717) is 18.9 Å². The molecule has 1 aliphatic carbocycles. The second-order valence-corrected chi connectivity index (χ2v) is 5.71. The van der Waals surface area contributed by atoms with Gasteiger partial charge in [0.25, 0.3) is 5.91 Å². The van der Waals surface area contributed by atoms with E-state index < -0.39 is 29.8 Å². The molecule has 0 aromatic carbocycles. The molecule has 25 heavy (non-hydrogen) atoms. The minimum absolute atomic E-state index is 0.125. The van der Waals surface area contributed by atoms with E-state index in [0.717, 1.165) is 25.5 Å². The monoisotopic (exact) mass is 361 g/mol. The van der Waals surface area contributed by atoms with Gasteiger partial charge in [-0.05, 0) is 24.8 Å². The van der Waals surface area contributed by atoms with Crippen molar-refractivity contribution in [3.8, 4) is 0 Å². The highest BCUT2D eigenvalue weighted by Crippen LogP contribution is 2.29. The van der Waals surface area contributed by atoms with E-state index in [-0.39, 0.29) is 17.4 Å². The zero-order chi connectivity index (χ0) is 18.4. The lowest BCUT2D eigenvalue weighted by Gasteiger charge is -2.32. The molecule has 0 aliphatic heterocycles. The van der Waals surface area contributed by atoms with Crippen molar-refractivity contribution in [2.75, 3.05) is 5.43 Å². The third-order valence-corrected chi connectivity index (χ3v) is 4.00. The fraction of sp³-hybridized carbons (Fsp3) is 0.571. The van der Waals surface area contributed by atoms with E-state index in [1.165, 1.54) is 0 Å². The highest BCUT2D eigenvalue weighted by atomic mass is 19.4. The molecule has 3 N–H and O–H groups in total. The zero-order valence-electron chi connectivity index (χ0n) is 13.2. The van der Waals surface area contributed by atoms with Crippen LogP contribution in [-0.2, 0) is 15.8 Å². The van der Waals surface area contributed by atoms with E-state index in [9.17, 15) is 28.0 Å². The Morgan fingerprint density at radius 1 is 1.36 bits per heavy atom. The van der Waals surface area contributed by atoms with Crippen LogP contribution in [-0.4, -0.2) is 38.6 Å². The number of carbonyl (C=O) groups excluding carboxylic acids is 2. The number of anilines is 1. The van der Waals surface area contributed by atoms with Gasteiger partial charge in [0.15, 0.2) is 0 Å². The minimum Gasteiger partial charge on any atom is -0.285 e. The Bertz CT molecular complexity index is 608. The molecule has 8 nitrogen and oxygen atoms in total. The first-order valence-electron chi connectivity index (χ1n) is 7.71. The number of halogens is 3. The number of aromatic nitrogens is 2. The van der Waals surface area contributed by atoms with Crippen LogP contribution in [0.3, 0.4) is 0 Å². The number of nitrogens with zero attached hydrogens (tertiary/aromatic N) is 3. The van der Waals surface area contributed by atoms with Crippen LogP contribution in [0.4, 0.5) is 19.1 Å². The molecule has 0 radical (unpaired) electrons. The van der Waals surface area contributed by atoms with Crippen LogP contribution in [0.15, 0.2) is 12.3 Å². The van der Waals surface area contributed by atoms with Crippen LogP contribution in [0.25, 0.3) is 0 Å². The summed E-state index contributed by atoms with van der Waals surface area (Å²) >= 11 is 0. The van der Waals surface area contributed by atoms with Crippen molar-refractivity contribution in [2.45, 2.75) is 44.3 Å². The van der Waals surface area contributed by atoms with Crippen molar-refractivity contribution in [1.82, 2.24) is 20.5 Å². The number of amides is 2. The molecule has 1 aromatic heterocycles. The predicted octanol–water partition coefficient (Wildman–Crippen LogP) is 1.73. The van der Waals surface area contributed by atoms with Crippen molar-refractivity contribution < 1.29 is 28.0 Å². The second kappa shape index (κ2) is 8.10. The third-order valence-electron chi connectivity index (χ3n) is 4.00. The molecule has 2 amide bonds. The number of hydrazine groups is 1. The minimum atomic E-state index is -4.65. The smallest absolute Gasteiger partial charge is 0.285 e. The van der Waals surface area contributed by atoms with Crippen LogP contribution in [0, 0.1) is 5.92 Å². The SMILES string of the molecule is O=CN(O)C(C(=O)NNc1nccc(C(F)(F)F)n1)C1CCCCC1. The Morgan fingerprint density at radius 3 is 2.64 bits per heavy atom. The number of carbonyl (C=O) groups is 2. The zero-order valence-corrected chi connectivity index (χ0v) is 13.2. The van der Waals surface area contributed by atoms with Crippen LogP contribution < -0.4 is 10.9 Å². The predicted molar refractivity (Wildman–Crippen MR) is 78.9 cm³/mol. The summed E-state index contributed by atoms with van der Waals surface area (Å²) in [5.41, 5.74) is 3.16. The van der Waals surface area contributed by atoms with E-state index in [4.69, 9.17) is 0 Å². The maximum absolute atomic E-state index is 12.6. The van der Waals surface area contributed by atoms with E-state index in [1.54, 1.807) is 0 Å². The Hall–Kier alpha value is -2.43. The Morgan fingerprint density at radius 2 is 2.04 bits per heavy atom. The molecule has 0 saturated heterocycles. The lowest BCUT2D eigenvalue weighted by atomic mass is 9.83. The number of nitrogens with one attached hydrogen (secondary N) is 2. The van der Waals surface area contributed by atoms with Crippen molar-refractivity contribution >= 4 is 18.3 Å². The van der Waals surface area contributed by atoms with Gasteiger partial charge in [-0.15, -0.1) is 0 Å².